The Balaban J connectivity index is 1.37. The lowest BCUT2D eigenvalue weighted by molar-refractivity contribution is 0.277. The van der Waals surface area contributed by atoms with E-state index >= 15 is 0 Å². The first-order valence-electron chi connectivity index (χ1n) is 13.1. The van der Waals surface area contributed by atoms with Gasteiger partial charge in [-0.05, 0) is 44.7 Å². The first-order chi connectivity index (χ1) is 18.6. The lowest BCUT2D eigenvalue weighted by Crippen LogP contribution is -2.44. The topological polar surface area (TPSA) is 99.0 Å². The number of piperazine rings is 1. The van der Waals surface area contributed by atoms with E-state index in [4.69, 9.17) is 10.1 Å². The minimum absolute atomic E-state index is 0.114. The molecule has 6 rings (SSSR count). The number of fused-ring (bicyclic) bond motifs is 1. The molecule has 1 aliphatic heterocycles. The highest BCUT2D eigenvalue weighted by Gasteiger charge is 2.20. The molecule has 3 aromatic heterocycles. The Labute approximate surface area is 221 Å². The summed E-state index contributed by atoms with van der Waals surface area (Å²) in [6, 6.07) is 16.9. The summed E-state index contributed by atoms with van der Waals surface area (Å²) in [5, 5.41) is 14.2. The normalized spacial score (nSPS) is 14.4. The van der Waals surface area contributed by atoms with Crippen molar-refractivity contribution in [1.82, 2.24) is 34.6 Å². The Morgan fingerprint density at radius 2 is 1.63 bits per heavy atom. The fourth-order valence-electron chi connectivity index (χ4n) is 4.92. The van der Waals surface area contributed by atoms with Crippen molar-refractivity contribution < 1.29 is 5.11 Å². The number of aromatic amines is 1. The van der Waals surface area contributed by atoms with E-state index in [9.17, 15) is 5.11 Å². The lowest BCUT2D eigenvalue weighted by Gasteiger charge is -2.34. The summed E-state index contributed by atoms with van der Waals surface area (Å²) in [5.74, 6) is 0.760. The largest absolute Gasteiger partial charge is 0.396 e. The number of anilines is 1. The van der Waals surface area contributed by atoms with Crippen LogP contribution in [0, 0.1) is 6.92 Å². The van der Waals surface area contributed by atoms with Crippen molar-refractivity contribution in [1.29, 1.82) is 0 Å². The number of H-pyrrole nitrogens is 1. The number of aliphatic hydroxyl groups is 1. The number of imidazole rings is 1. The quantitative estimate of drug-likeness (QED) is 0.343. The Kier molecular flexibility index (Phi) is 6.61. The summed E-state index contributed by atoms with van der Waals surface area (Å²) < 4.78 is 1.87. The molecule has 194 valence electrons. The van der Waals surface area contributed by atoms with Gasteiger partial charge in [0.25, 0.3) is 0 Å². The summed E-state index contributed by atoms with van der Waals surface area (Å²) in [4.78, 5) is 22.3. The molecule has 0 bridgehead atoms. The highest BCUT2D eigenvalue weighted by atomic mass is 16.3. The maximum absolute atomic E-state index is 9.34. The molecule has 5 aromatic rings. The van der Waals surface area contributed by atoms with Gasteiger partial charge in [-0.15, -0.1) is 0 Å². The molecule has 0 spiro atoms. The zero-order valence-electron chi connectivity index (χ0n) is 21.8. The molecule has 0 aliphatic carbocycles. The average molecular weight is 509 g/mol. The van der Waals surface area contributed by atoms with Crippen LogP contribution < -0.4 is 4.90 Å². The molecule has 0 radical (unpaired) electrons. The van der Waals surface area contributed by atoms with E-state index in [1.54, 1.807) is 6.33 Å². The molecule has 1 fully saturated rings. The van der Waals surface area contributed by atoms with E-state index in [2.05, 4.69) is 87.3 Å². The maximum Gasteiger partial charge on any atom is 0.161 e. The number of likely N-dealkylation sites (N-methyl/N-ethyl adjacent to an activating group) is 1. The zero-order valence-corrected chi connectivity index (χ0v) is 21.8. The van der Waals surface area contributed by atoms with Crippen molar-refractivity contribution in [2.24, 2.45) is 0 Å². The van der Waals surface area contributed by atoms with E-state index in [1.807, 2.05) is 10.9 Å². The summed E-state index contributed by atoms with van der Waals surface area (Å²) in [6.07, 6.45) is 4.19. The number of rotatable bonds is 7. The van der Waals surface area contributed by atoms with E-state index in [1.165, 1.54) is 11.3 Å². The number of hydrogen-bond acceptors (Lipinski definition) is 7. The fourth-order valence-corrected chi connectivity index (χ4v) is 4.92. The van der Waals surface area contributed by atoms with E-state index in [0.29, 0.717) is 24.1 Å². The van der Waals surface area contributed by atoms with Crippen LogP contribution in [0.3, 0.4) is 0 Å². The Morgan fingerprint density at radius 3 is 2.37 bits per heavy atom. The number of nitrogens with zero attached hydrogens (tertiary/aromatic N) is 7. The molecule has 1 aliphatic rings. The minimum Gasteiger partial charge on any atom is -0.396 e. The van der Waals surface area contributed by atoms with Crippen molar-refractivity contribution in [3.05, 3.63) is 66.6 Å². The molecule has 0 unspecified atom stereocenters. The van der Waals surface area contributed by atoms with E-state index in [0.717, 1.165) is 60.1 Å². The molecular formula is C29H32N8O. The van der Waals surface area contributed by atoms with Gasteiger partial charge < -0.3 is 19.9 Å². The lowest BCUT2D eigenvalue weighted by atomic mass is 10.0. The van der Waals surface area contributed by atoms with Crippen molar-refractivity contribution >= 4 is 16.9 Å². The summed E-state index contributed by atoms with van der Waals surface area (Å²) >= 11 is 0. The Hall–Kier alpha value is -4.08. The summed E-state index contributed by atoms with van der Waals surface area (Å²) in [7, 11) is 2.17. The van der Waals surface area contributed by atoms with Gasteiger partial charge in [-0.3, -0.25) is 4.68 Å². The number of aryl methyl sites for hydroxylation is 2. The zero-order chi connectivity index (χ0) is 26.1. The molecule has 9 nitrogen and oxygen atoms in total. The van der Waals surface area contributed by atoms with Crippen LogP contribution in [0.5, 0.6) is 0 Å². The number of benzene rings is 2. The standard InChI is InChI=1S/C29H32N8O/c1-20-4-6-21(7-5-20)25-24(18-37(34-25)12-3-17-38)26-27-29(31-19-30-26)33-28(32-27)22-8-10-23(11-9-22)36-15-13-35(2)14-16-36/h4-11,18-19,38H,3,12-17H2,1-2H3,(H,30,31,32,33). The van der Waals surface area contributed by atoms with Crippen LogP contribution in [0.4, 0.5) is 5.69 Å². The van der Waals surface area contributed by atoms with Crippen molar-refractivity contribution in [2.75, 3.05) is 44.7 Å². The first-order valence-corrected chi connectivity index (χ1v) is 13.1. The van der Waals surface area contributed by atoms with Crippen LogP contribution in [0.2, 0.25) is 0 Å². The van der Waals surface area contributed by atoms with Gasteiger partial charge in [-0.25, -0.2) is 15.0 Å². The second kappa shape index (κ2) is 10.4. The number of aromatic nitrogens is 6. The maximum atomic E-state index is 9.34. The SMILES string of the molecule is Cc1ccc(-c2nn(CCCO)cc2-c2ncnc3[nH]c(-c4ccc(N5CCN(C)CC5)cc4)nc23)cc1. The van der Waals surface area contributed by atoms with E-state index in [-0.39, 0.29) is 6.61 Å². The highest BCUT2D eigenvalue weighted by molar-refractivity contribution is 5.93. The van der Waals surface area contributed by atoms with Gasteiger partial charge in [-0.1, -0.05) is 29.8 Å². The second-order valence-electron chi connectivity index (χ2n) is 9.94. The van der Waals surface area contributed by atoms with Gasteiger partial charge in [-0.2, -0.15) is 5.10 Å². The van der Waals surface area contributed by atoms with Gasteiger partial charge in [0.2, 0.25) is 0 Å². The third-order valence-electron chi connectivity index (χ3n) is 7.18. The van der Waals surface area contributed by atoms with Gasteiger partial charge in [0, 0.05) is 67.9 Å². The average Bonchev–Trinajstić information content (AvgIpc) is 3.58. The number of nitrogens with one attached hydrogen (secondary N) is 1. The Bertz CT molecular complexity index is 1530. The predicted octanol–water partition coefficient (Wildman–Crippen LogP) is 3.99. The highest BCUT2D eigenvalue weighted by Crippen LogP contribution is 2.34. The molecular weight excluding hydrogens is 476 g/mol. The van der Waals surface area contributed by atoms with Crippen molar-refractivity contribution in [2.45, 2.75) is 19.9 Å². The molecule has 0 atom stereocenters. The molecule has 1 saturated heterocycles. The summed E-state index contributed by atoms with van der Waals surface area (Å²) in [6.45, 7) is 7.03. The molecule has 9 heteroatoms. The molecule has 0 amide bonds. The Morgan fingerprint density at radius 1 is 0.895 bits per heavy atom. The van der Waals surface area contributed by atoms with Gasteiger partial charge >= 0.3 is 0 Å². The van der Waals surface area contributed by atoms with Crippen LogP contribution in [-0.2, 0) is 6.54 Å². The predicted molar refractivity (Wildman–Crippen MR) is 150 cm³/mol. The van der Waals surface area contributed by atoms with Crippen LogP contribution in [0.25, 0.3) is 45.1 Å². The molecule has 0 saturated carbocycles. The van der Waals surface area contributed by atoms with Crippen molar-refractivity contribution in [3.8, 4) is 33.9 Å². The third-order valence-corrected chi connectivity index (χ3v) is 7.18. The van der Waals surface area contributed by atoms with Gasteiger partial charge in [0.1, 0.15) is 29.1 Å². The molecule has 4 heterocycles. The van der Waals surface area contributed by atoms with Crippen LogP contribution in [0.15, 0.2) is 61.1 Å². The number of hydrogen-bond donors (Lipinski definition) is 2. The molecule has 2 aromatic carbocycles. The van der Waals surface area contributed by atoms with Crippen LogP contribution in [0.1, 0.15) is 12.0 Å². The molecule has 38 heavy (non-hydrogen) atoms. The van der Waals surface area contributed by atoms with Crippen molar-refractivity contribution in [3.63, 3.8) is 0 Å². The monoisotopic (exact) mass is 508 g/mol. The fraction of sp³-hybridized carbons (Fsp3) is 0.310. The van der Waals surface area contributed by atoms with Crippen LogP contribution in [-0.4, -0.2) is 79.6 Å². The smallest absolute Gasteiger partial charge is 0.161 e. The van der Waals surface area contributed by atoms with Gasteiger partial charge in [0.15, 0.2) is 5.65 Å². The summed E-state index contributed by atoms with van der Waals surface area (Å²) in [5.41, 5.74) is 8.29. The third kappa shape index (κ3) is 4.78. The number of aliphatic hydroxyl groups excluding tert-OH is 1. The molecule has 2 N–H and O–H groups in total. The first kappa shape index (κ1) is 24.3. The second-order valence-corrected chi connectivity index (χ2v) is 9.94. The van der Waals surface area contributed by atoms with E-state index < -0.39 is 0 Å². The van der Waals surface area contributed by atoms with Crippen LogP contribution >= 0.6 is 0 Å². The minimum atomic E-state index is 0.114. The van der Waals surface area contributed by atoms with Gasteiger partial charge in [0.05, 0.1) is 0 Å².